The van der Waals surface area contributed by atoms with E-state index in [9.17, 15) is 19.1 Å². The number of anilines is 1. The monoisotopic (exact) mass is 644 g/mol. The zero-order chi connectivity index (χ0) is 33.1. The Kier molecular flexibility index (Phi) is 9.56. The Balaban J connectivity index is 1.31. The summed E-state index contributed by atoms with van der Waals surface area (Å²) in [4.78, 5) is 18.0. The summed E-state index contributed by atoms with van der Waals surface area (Å²) in [7, 11) is 0. The maximum atomic E-state index is 16.5. The van der Waals surface area contributed by atoms with Crippen molar-refractivity contribution in [2.75, 3.05) is 44.2 Å². The van der Waals surface area contributed by atoms with Gasteiger partial charge in [-0.25, -0.2) is 13.2 Å². The van der Waals surface area contributed by atoms with E-state index in [4.69, 9.17) is 16.1 Å². The van der Waals surface area contributed by atoms with Gasteiger partial charge in [-0.2, -0.15) is 15.2 Å². The molecule has 11 heteroatoms. The van der Waals surface area contributed by atoms with Gasteiger partial charge in [-0.15, -0.1) is 6.42 Å². The van der Waals surface area contributed by atoms with Crippen LogP contribution in [0.25, 0.3) is 16.5 Å². The number of nitrogens with zero attached hydrogens (tertiary/aromatic N) is 6. The first-order chi connectivity index (χ1) is 22.7. The number of nitriles is 1. The predicted octanol–water partition coefficient (Wildman–Crippen LogP) is 6.77. The number of ether oxygens (including phenoxy) is 1. The zero-order valence-corrected chi connectivity index (χ0v) is 26.6. The number of allylic oxidation sites excluding steroid dienone is 7. The van der Waals surface area contributed by atoms with Crippen molar-refractivity contribution in [1.29, 1.82) is 5.26 Å². The maximum absolute atomic E-state index is 16.5. The summed E-state index contributed by atoms with van der Waals surface area (Å²) in [6.07, 6.45) is 16.6. The van der Waals surface area contributed by atoms with Gasteiger partial charge in [-0.05, 0) is 81.2 Å². The number of likely N-dealkylation sites (tertiary alicyclic amines) is 1. The van der Waals surface area contributed by atoms with Crippen molar-refractivity contribution in [1.82, 2.24) is 19.9 Å². The molecular weight excluding hydrogens is 605 g/mol. The van der Waals surface area contributed by atoms with E-state index in [0.717, 1.165) is 45.3 Å². The second-order valence-corrected chi connectivity index (χ2v) is 13.3. The lowest BCUT2D eigenvalue weighted by Gasteiger charge is -2.32. The molecule has 1 saturated carbocycles. The summed E-state index contributed by atoms with van der Waals surface area (Å²) in [6, 6.07) is 2.39. The van der Waals surface area contributed by atoms with Crippen molar-refractivity contribution in [2.24, 2.45) is 17.3 Å². The first kappa shape index (κ1) is 32.6. The molecule has 8 nitrogen and oxygen atoms in total. The first-order valence-corrected chi connectivity index (χ1v) is 16.3. The van der Waals surface area contributed by atoms with Gasteiger partial charge in [0.05, 0.1) is 29.9 Å². The van der Waals surface area contributed by atoms with Crippen LogP contribution < -0.4 is 9.64 Å². The molecule has 0 radical (unpaired) electrons. The van der Waals surface area contributed by atoms with E-state index in [1.165, 1.54) is 30.5 Å². The third-order valence-electron chi connectivity index (χ3n) is 9.56. The highest BCUT2D eigenvalue weighted by Crippen LogP contribution is 2.47. The minimum absolute atomic E-state index is 0.00330. The minimum Gasteiger partial charge on any atom is -0.508 e. The first-order valence-electron chi connectivity index (χ1n) is 16.3. The highest BCUT2D eigenvalue weighted by molar-refractivity contribution is 5.91. The van der Waals surface area contributed by atoms with Crippen LogP contribution in [0.1, 0.15) is 57.6 Å². The molecule has 2 saturated heterocycles. The number of fused-ring (bicyclic) bond motifs is 1. The SMILES string of the molecule is C#CC(C)/C(F)=C\C=C1\C=C(O)C=C(c2ncc3c(N4CCCC(C#N)C4)nc(OCC4(CN5CCC(F)CC5)CC4)nc3c2F)C1. The van der Waals surface area contributed by atoms with Gasteiger partial charge in [0.25, 0.3) is 0 Å². The van der Waals surface area contributed by atoms with Crippen molar-refractivity contribution in [3.05, 3.63) is 59.2 Å². The molecule has 0 amide bonds. The van der Waals surface area contributed by atoms with Crippen molar-refractivity contribution < 1.29 is 23.0 Å². The summed E-state index contributed by atoms with van der Waals surface area (Å²) < 4.78 is 50.7. The fraction of sp³-hybridized carbons (Fsp3) is 0.500. The molecule has 4 aliphatic rings. The molecule has 2 aliphatic heterocycles. The summed E-state index contributed by atoms with van der Waals surface area (Å²) in [5, 5.41) is 20.5. The third-order valence-corrected chi connectivity index (χ3v) is 9.56. The number of hydrogen-bond donors (Lipinski definition) is 1. The lowest BCUT2D eigenvalue weighted by atomic mass is 9.94. The van der Waals surface area contributed by atoms with E-state index >= 15 is 4.39 Å². The second kappa shape index (κ2) is 13.8. The van der Waals surface area contributed by atoms with Gasteiger partial charge in [-0.3, -0.25) is 4.98 Å². The Bertz CT molecular complexity index is 1730. The number of aliphatic hydroxyl groups is 1. The Morgan fingerprint density at radius 2 is 2.02 bits per heavy atom. The van der Waals surface area contributed by atoms with Crippen LogP contribution in [0.3, 0.4) is 0 Å². The molecule has 0 bridgehead atoms. The van der Waals surface area contributed by atoms with E-state index in [-0.39, 0.29) is 40.7 Å². The van der Waals surface area contributed by atoms with E-state index in [1.807, 2.05) is 4.90 Å². The fourth-order valence-electron chi connectivity index (χ4n) is 6.50. The molecule has 3 fully saturated rings. The quantitative estimate of drug-likeness (QED) is 0.299. The van der Waals surface area contributed by atoms with Crippen molar-refractivity contribution in [2.45, 2.75) is 58.0 Å². The molecule has 2 aromatic rings. The Morgan fingerprint density at radius 1 is 1.23 bits per heavy atom. The number of piperidine rings is 2. The number of rotatable bonds is 9. The van der Waals surface area contributed by atoms with Crippen molar-refractivity contribution >= 4 is 22.3 Å². The van der Waals surface area contributed by atoms with Gasteiger partial charge in [0, 0.05) is 44.3 Å². The zero-order valence-electron chi connectivity index (χ0n) is 26.6. The minimum atomic E-state index is -0.735. The molecule has 246 valence electrons. The molecule has 0 aromatic carbocycles. The molecule has 2 atom stereocenters. The van der Waals surface area contributed by atoms with E-state index in [0.29, 0.717) is 54.9 Å². The number of aliphatic hydroxyl groups excluding tert-OH is 1. The smallest absolute Gasteiger partial charge is 0.319 e. The van der Waals surface area contributed by atoms with Crippen LogP contribution in [0, 0.1) is 46.7 Å². The fourth-order valence-corrected chi connectivity index (χ4v) is 6.50. The predicted molar refractivity (Wildman–Crippen MR) is 174 cm³/mol. The van der Waals surface area contributed by atoms with Gasteiger partial charge in [-0.1, -0.05) is 12.0 Å². The molecule has 2 aliphatic carbocycles. The van der Waals surface area contributed by atoms with Crippen LogP contribution in [-0.4, -0.2) is 70.5 Å². The molecule has 47 heavy (non-hydrogen) atoms. The lowest BCUT2D eigenvalue weighted by molar-refractivity contribution is 0.107. The molecule has 0 spiro atoms. The lowest BCUT2D eigenvalue weighted by Crippen LogP contribution is -2.39. The number of hydrogen-bond acceptors (Lipinski definition) is 8. The Hall–Kier alpha value is -4.35. The number of pyridine rings is 1. The molecule has 1 N–H and O–H groups in total. The van der Waals surface area contributed by atoms with Crippen LogP contribution in [0.5, 0.6) is 6.01 Å². The molecule has 4 heterocycles. The number of halogens is 3. The molecule has 2 unspecified atom stereocenters. The summed E-state index contributed by atoms with van der Waals surface area (Å²) in [5.74, 6) is 0.607. The normalized spacial score (nSPS) is 23.5. The number of terminal acetylenes is 1. The van der Waals surface area contributed by atoms with Crippen molar-refractivity contribution in [3.8, 4) is 24.4 Å². The molecular formula is C36H39F3N6O2. The number of alkyl halides is 1. The summed E-state index contributed by atoms with van der Waals surface area (Å²) in [6.45, 7) is 5.26. The van der Waals surface area contributed by atoms with Gasteiger partial charge >= 0.3 is 6.01 Å². The topological polar surface area (TPSA) is 98.4 Å². The van der Waals surface area contributed by atoms with Gasteiger partial charge < -0.3 is 19.6 Å². The Morgan fingerprint density at radius 3 is 2.74 bits per heavy atom. The van der Waals surface area contributed by atoms with E-state index in [2.05, 4.69) is 26.9 Å². The van der Waals surface area contributed by atoms with Crippen LogP contribution in [0.15, 0.2) is 47.7 Å². The van der Waals surface area contributed by atoms with Crippen molar-refractivity contribution in [3.63, 3.8) is 0 Å². The third kappa shape index (κ3) is 7.47. The largest absolute Gasteiger partial charge is 0.508 e. The average molecular weight is 645 g/mol. The van der Waals surface area contributed by atoms with Crippen LogP contribution in [-0.2, 0) is 0 Å². The maximum Gasteiger partial charge on any atom is 0.319 e. The summed E-state index contributed by atoms with van der Waals surface area (Å²) in [5.41, 5.74) is 0.899. The van der Waals surface area contributed by atoms with Crippen LogP contribution >= 0.6 is 0 Å². The van der Waals surface area contributed by atoms with E-state index < -0.39 is 23.7 Å². The Labute approximate surface area is 273 Å². The molecule has 2 aromatic heterocycles. The highest BCUT2D eigenvalue weighted by atomic mass is 19.1. The highest BCUT2D eigenvalue weighted by Gasteiger charge is 2.45. The van der Waals surface area contributed by atoms with Crippen LogP contribution in [0.4, 0.5) is 19.0 Å². The average Bonchev–Trinajstić information content (AvgIpc) is 3.86. The molecule has 6 rings (SSSR count). The van der Waals surface area contributed by atoms with Crippen LogP contribution in [0.2, 0.25) is 0 Å². The standard InChI is InChI=1S/C36H39F3N6O2/c1-3-23(2)30(38)7-6-24-15-26(17-28(46)16-24)32-31(39)33-29(19-41-32)34(45-12-4-5-25(18-40)20-45)43-35(42-33)47-22-36(10-11-36)21-44-13-8-27(37)9-14-44/h1,6-7,16-17,19,23,25,27,46H,4-5,8-15,20-22H2,2H3/b24-6+,30-7+. The summed E-state index contributed by atoms with van der Waals surface area (Å²) >= 11 is 0. The van der Waals surface area contributed by atoms with E-state index in [1.54, 1.807) is 6.92 Å². The van der Waals surface area contributed by atoms with Gasteiger partial charge in [0.1, 0.15) is 34.8 Å². The number of aromatic nitrogens is 3. The second-order valence-electron chi connectivity index (χ2n) is 13.3. The van der Waals surface area contributed by atoms with Gasteiger partial charge in [0.15, 0.2) is 5.82 Å². The van der Waals surface area contributed by atoms with Gasteiger partial charge in [0.2, 0.25) is 0 Å².